The highest BCUT2D eigenvalue weighted by Gasteiger charge is 2.29. The van der Waals surface area contributed by atoms with Crippen LogP contribution in [0.3, 0.4) is 0 Å². The van der Waals surface area contributed by atoms with Crippen molar-refractivity contribution >= 4 is 33.4 Å². The fourth-order valence-electron chi connectivity index (χ4n) is 5.39. The average Bonchev–Trinajstić information content (AvgIpc) is 3.52. The number of methoxy groups -OCH3 is 1. The van der Waals surface area contributed by atoms with Crippen LogP contribution >= 0.6 is 11.8 Å². The maximum Gasteiger partial charge on any atom is 0.255 e. The van der Waals surface area contributed by atoms with Crippen LogP contribution < -0.4 is 9.47 Å². The number of rotatable bonds is 10. The largest absolute Gasteiger partial charge is 0.495 e. The molecule has 0 aromatic heterocycles. The Hall–Kier alpha value is -4.28. The predicted molar refractivity (Wildman–Crippen MR) is 177 cm³/mol. The zero-order valence-electron chi connectivity index (χ0n) is 25.7. The molecule has 0 spiro atoms. The molecule has 0 bridgehead atoms. The molecule has 0 saturated carbocycles. The van der Waals surface area contributed by atoms with Crippen LogP contribution in [-0.2, 0) is 15.6 Å². The molecule has 0 N–H and O–H groups in total. The van der Waals surface area contributed by atoms with E-state index in [0.717, 1.165) is 10.5 Å². The van der Waals surface area contributed by atoms with E-state index in [4.69, 9.17) is 9.47 Å². The molecule has 0 radical (unpaired) electrons. The molecule has 8 nitrogen and oxygen atoms in total. The van der Waals surface area contributed by atoms with Gasteiger partial charge in [0.1, 0.15) is 22.5 Å². The van der Waals surface area contributed by atoms with Gasteiger partial charge in [0.05, 0.1) is 25.0 Å². The monoisotopic (exact) mass is 644 g/mol. The highest BCUT2D eigenvalue weighted by molar-refractivity contribution is 7.98. The lowest BCUT2D eigenvalue weighted by molar-refractivity contribution is 0.0768. The molecule has 45 heavy (non-hydrogen) atoms. The van der Waals surface area contributed by atoms with Gasteiger partial charge in [0.2, 0.25) is 0 Å². The van der Waals surface area contributed by atoms with Crippen molar-refractivity contribution in [3.8, 4) is 22.6 Å². The van der Waals surface area contributed by atoms with Crippen LogP contribution in [0.4, 0.5) is 0 Å². The first-order valence-corrected chi connectivity index (χ1v) is 17.4. The molecule has 1 heterocycles. The van der Waals surface area contributed by atoms with E-state index in [9.17, 15) is 18.0 Å². The van der Waals surface area contributed by atoms with Crippen LogP contribution in [0.15, 0.2) is 101 Å². The molecule has 10 heteroatoms. The molecule has 5 rings (SSSR count). The number of hydrogen-bond acceptors (Lipinski definition) is 7. The quantitative estimate of drug-likeness (QED) is 0.194. The van der Waals surface area contributed by atoms with Gasteiger partial charge in [-0.25, -0.2) is 8.42 Å². The van der Waals surface area contributed by atoms with E-state index in [0.29, 0.717) is 47.5 Å². The third-order valence-electron chi connectivity index (χ3n) is 7.68. The second kappa shape index (κ2) is 13.8. The van der Waals surface area contributed by atoms with Crippen molar-refractivity contribution < 1.29 is 27.5 Å². The third kappa shape index (κ3) is 7.34. The zero-order valence-corrected chi connectivity index (χ0v) is 27.4. The van der Waals surface area contributed by atoms with Crippen LogP contribution in [0.1, 0.15) is 32.7 Å². The van der Waals surface area contributed by atoms with Crippen molar-refractivity contribution in [2.45, 2.75) is 28.1 Å². The Morgan fingerprint density at radius 1 is 0.933 bits per heavy atom. The standard InChI is InChI=1S/C35H36N2O6S2/c1-36(2)34(38)27-11-8-10-25(20-27)26-15-16-31(42-3)33(21-26)45(40,41)23-24-9-7-12-28(19-24)43-29-17-18-37(22-29)35(39)30-13-5-6-14-32(30)44-4/h5-16,19-21,29H,17-18,22-23H2,1-4H3/t29-/m0/s1. The van der Waals surface area contributed by atoms with Crippen LogP contribution in [0.2, 0.25) is 0 Å². The van der Waals surface area contributed by atoms with Gasteiger partial charge in [0, 0.05) is 37.5 Å². The van der Waals surface area contributed by atoms with Crippen LogP contribution in [0.5, 0.6) is 11.5 Å². The van der Waals surface area contributed by atoms with E-state index in [2.05, 4.69) is 0 Å². The van der Waals surface area contributed by atoms with Gasteiger partial charge >= 0.3 is 0 Å². The van der Waals surface area contributed by atoms with Gasteiger partial charge < -0.3 is 19.3 Å². The van der Waals surface area contributed by atoms with Crippen molar-refractivity contribution in [3.05, 3.63) is 108 Å². The van der Waals surface area contributed by atoms with E-state index in [1.165, 1.54) is 12.0 Å². The molecule has 4 aromatic carbocycles. The van der Waals surface area contributed by atoms with Gasteiger partial charge in [0.15, 0.2) is 9.84 Å². The Bertz CT molecular complexity index is 1820. The zero-order chi connectivity index (χ0) is 32.1. The number of sulfone groups is 1. The Balaban J connectivity index is 1.31. The molecule has 1 atom stereocenters. The highest BCUT2D eigenvalue weighted by Crippen LogP contribution is 2.33. The normalized spacial score (nSPS) is 14.7. The Labute approximate surface area is 268 Å². The molecule has 4 aromatic rings. The minimum absolute atomic E-state index is 0.0157. The van der Waals surface area contributed by atoms with Crippen molar-refractivity contribution in [2.75, 3.05) is 40.6 Å². The van der Waals surface area contributed by atoms with Gasteiger partial charge in [-0.1, -0.05) is 42.5 Å². The molecule has 1 saturated heterocycles. The molecular formula is C35H36N2O6S2. The van der Waals surface area contributed by atoms with E-state index in [-0.39, 0.29) is 34.3 Å². The number of amides is 2. The van der Waals surface area contributed by atoms with Gasteiger partial charge in [0.25, 0.3) is 11.8 Å². The Morgan fingerprint density at radius 3 is 2.44 bits per heavy atom. The van der Waals surface area contributed by atoms with Crippen molar-refractivity contribution in [3.63, 3.8) is 0 Å². The highest BCUT2D eigenvalue weighted by atomic mass is 32.2. The lowest BCUT2D eigenvalue weighted by Gasteiger charge is -2.19. The lowest BCUT2D eigenvalue weighted by Crippen LogP contribution is -2.31. The predicted octanol–water partition coefficient (Wildman–Crippen LogP) is 6.05. The first kappa shape index (κ1) is 32.1. The smallest absolute Gasteiger partial charge is 0.255 e. The minimum atomic E-state index is -3.84. The van der Waals surface area contributed by atoms with Crippen molar-refractivity contribution in [1.82, 2.24) is 9.80 Å². The van der Waals surface area contributed by atoms with Gasteiger partial charge in [-0.15, -0.1) is 11.8 Å². The maximum atomic E-state index is 13.8. The molecule has 1 aliphatic heterocycles. The average molecular weight is 645 g/mol. The van der Waals surface area contributed by atoms with Crippen LogP contribution in [-0.4, -0.2) is 76.7 Å². The summed E-state index contributed by atoms with van der Waals surface area (Å²) >= 11 is 1.54. The first-order chi connectivity index (χ1) is 21.6. The number of carbonyl (C=O) groups is 2. The summed E-state index contributed by atoms with van der Waals surface area (Å²) in [5.41, 5.74) is 3.14. The summed E-state index contributed by atoms with van der Waals surface area (Å²) in [5, 5.41) is 0. The molecule has 0 aliphatic carbocycles. The summed E-state index contributed by atoms with van der Waals surface area (Å²) in [6.45, 7) is 1.04. The number of ether oxygens (including phenoxy) is 2. The first-order valence-electron chi connectivity index (χ1n) is 14.5. The summed E-state index contributed by atoms with van der Waals surface area (Å²) < 4.78 is 39.2. The lowest BCUT2D eigenvalue weighted by atomic mass is 10.0. The Morgan fingerprint density at radius 2 is 1.69 bits per heavy atom. The van der Waals surface area contributed by atoms with Crippen molar-refractivity contribution in [1.29, 1.82) is 0 Å². The van der Waals surface area contributed by atoms with E-state index in [1.807, 2.05) is 36.6 Å². The Kier molecular flexibility index (Phi) is 9.84. The minimum Gasteiger partial charge on any atom is -0.495 e. The number of nitrogens with zero attached hydrogens (tertiary/aromatic N) is 2. The number of hydrogen-bond donors (Lipinski definition) is 0. The third-order valence-corrected chi connectivity index (χ3v) is 10.2. The SMILES string of the molecule is COc1ccc(-c2cccc(C(=O)N(C)C)c2)cc1S(=O)(=O)Cc1cccc(O[C@H]2CCN(C(=O)c3ccccc3SC)C2)c1. The molecule has 2 amide bonds. The molecular weight excluding hydrogens is 609 g/mol. The summed E-state index contributed by atoms with van der Waals surface area (Å²) in [6.07, 6.45) is 2.44. The summed E-state index contributed by atoms with van der Waals surface area (Å²) in [5.74, 6) is 0.375. The van der Waals surface area contributed by atoms with Crippen LogP contribution in [0.25, 0.3) is 11.1 Å². The van der Waals surface area contributed by atoms with Gasteiger partial charge in [-0.3, -0.25) is 9.59 Å². The second-order valence-electron chi connectivity index (χ2n) is 11.0. The van der Waals surface area contributed by atoms with E-state index >= 15 is 0 Å². The number of carbonyl (C=O) groups excluding carboxylic acids is 2. The van der Waals surface area contributed by atoms with Gasteiger partial charge in [-0.2, -0.15) is 0 Å². The number of thioether (sulfide) groups is 1. The second-order valence-corrected chi connectivity index (χ2v) is 13.8. The van der Waals surface area contributed by atoms with E-state index < -0.39 is 9.84 Å². The maximum absolute atomic E-state index is 13.8. The summed E-state index contributed by atoms with van der Waals surface area (Å²) in [4.78, 5) is 30.0. The summed E-state index contributed by atoms with van der Waals surface area (Å²) in [7, 11) is 0.969. The van der Waals surface area contributed by atoms with E-state index in [1.54, 1.807) is 91.4 Å². The molecule has 234 valence electrons. The fourth-order valence-corrected chi connectivity index (χ4v) is 7.52. The topological polar surface area (TPSA) is 93.2 Å². The summed E-state index contributed by atoms with van der Waals surface area (Å²) in [6, 6.07) is 26.7. The van der Waals surface area contributed by atoms with Crippen molar-refractivity contribution in [2.24, 2.45) is 0 Å². The molecule has 0 unspecified atom stereocenters. The van der Waals surface area contributed by atoms with Crippen LogP contribution in [0, 0.1) is 0 Å². The fraction of sp³-hybridized carbons (Fsp3) is 0.257. The molecule has 1 fully saturated rings. The van der Waals surface area contributed by atoms with Gasteiger partial charge in [-0.05, 0) is 71.5 Å². The number of benzene rings is 4. The number of likely N-dealkylation sites (tertiary alicyclic amines) is 1. The molecule has 1 aliphatic rings.